The van der Waals surface area contributed by atoms with Crippen molar-refractivity contribution in [3.8, 4) is 0 Å². The first-order valence-corrected chi connectivity index (χ1v) is 7.63. The number of aryl methyl sites for hydroxylation is 1. The molecule has 0 aliphatic rings. The van der Waals surface area contributed by atoms with E-state index in [9.17, 15) is 4.79 Å². The molecular weight excluding hydrogens is 286 g/mol. The smallest absolute Gasteiger partial charge is 0.185 e. The molecule has 116 valence electrons. The summed E-state index contributed by atoms with van der Waals surface area (Å²) in [6.45, 7) is 0.940. The van der Waals surface area contributed by atoms with Gasteiger partial charge < -0.3 is 9.30 Å². The van der Waals surface area contributed by atoms with Gasteiger partial charge in [0.05, 0.1) is 13.2 Å². The van der Waals surface area contributed by atoms with Gasteiger partial charge in [-0.1, -0.05) is 54.6 Å². The Morgan fingerprint density at radius 3 is 2.61 bits per heavy atom. The summed E-state index contributed by atoms with van der Waals surface area (Å²) in [5.74, 6) is -0.00111. The SMILES string of the molecule is Cn1c(COC/C=C/C(=O)c2ccccc2)cc2ccccc21. The van der Waals surface area contributed by atoms with Gasteiger partial charge in [0.15, 0.2) is 5.78 Å². The molecule has 3 aromatic rings. The predicted octanol–water partition coefficient (Wildman–Crippen LogP) is 4.13. The van der Waals surface area contributed by atoms with Crippen LogP contribution >= 0.6 is 0 Å². The molecule has 0 spiro atoms. The van der Waals surface area contributed by atoms with Crippen LogP contribution in [0.2, 0.25) is 0 Å². The van der Waals surface area contributed by atoms with Crippen LogP contribution in [0.4, 0.5) is 0 Å². The Bertz CT molecular complexity index is 831. The minimum absolute atomic E-state index is 0.00111. The van der Waals surface area contributed by atoms with Crippen molar-refractivity contribution < 1.29 is 9.53 Å². The molecule has 0 fully saturated rings. The number of carbonyl (C=O) groups is 1. The van der Waals surface area contributed by atoms with Crippen molar-refractivity contribution in [1.82, 2.24) is 4.57 Å². The Labute approximate surface area is 135 Å². The molecule has 0 amide bonds. The predicted molar refractivity (Wildman–Crippen MR) is 92.5 cm³/mol. The highest BCUT2D eigenvalue weighted by molar-refractivity contribution is 6.04. The molecule has 3 nitrogen and oxygen atoms in total. The van der Waals surface area contributed by atoms with Crippen molar-refractivity contribution in [1.29, 1.82) is 0 Å². The van der Waals surface area contributed by atoms with E-state index in [-0.39, 0.29) is 5.78 Å². The third kappa shape index (κ3) is 3.58. The Hall–Kier alpha value is -2.65. The van der Waals surface area contributed by atoms with E-state index in [0.29, 0.717) is 18.8 Å². The lowest BCUT2D eigenvalue weighted by molar-refractivity contribution is 0.104. The highest BCUT2D eigenvalue weighted by atomic mass is 16.5. The topological polar surface area (TPSA) is 31.2 Å². The standard InChI is InChI=1S/C20H19NO2/c1-21-18(14-17-10-5-6-11-19(17)21)15-23-13-7-12-20(22)16-8-3-2-4-9-16/h2-12,14H,13,15H2,1H3/b12-7+. The van der Waals surface area contributed by atoms with Gasteiger partial charge in [-0.3, -0.25) is 4.79 Å². The normalized spacial score (nSPS) is 11.3. The van der Waals surface area contributed by atoms with E-state index >= 15 is 0 Å². The number of aromatic nitrogens is 1. The summed E-state index contributed by atoms with van der Waals surface area (Å²) in [5, 5.41) is 1.21. The highest BCUT2D eigenvalue weighted by Gasteiger charge is 2.04. The van der Waals surface area contributed by atoms with Crippen molar-refractivity contribution in [2.24, 2.45) is 7.05 Å². The summed E-state index contributed by atoms with van der Waals surface area (Å²) in [6.07, 6.45) is 3.33. The number of hydrogen-bond donors (Lipinski definition) is 0. The lowest BCUT2D eigenvalue weighted by Gasteiger charge is -2.04. The third-order valence-corrected chi connectivity index (χ3v) is 3.84. The summed E-state index contributed by atoms with van der Waals surface area (Å²) in [7, 11) is 2.04. The van der Waals surface area contributed by atoms with E-state index < -0.39 is 0 Å². The first kappa shape index (κ1) is 15.3. The Balaban J connectivity index is 1.54. The van der Waals surface area contributed by atoms with Crippen LogP contribution in [0.15, 0.2) is 72.8 Å². The summed E-state index contributed by atoms with van der Waals surface area (Å²) in [4.78, 5) is 11.9. The fourth-order valence-electron chi connectivity index (χ4n) is 2.57. The van der Waals surface area contributed by atoms with Crippen LogP contribution in [0.25, 0.3) is 10.9 Å². The number of fused-ring (bicyclic) bond motifs is 1. The molecule has 1 aromatic heterocycles. The monoisotopic (exact) mass is 305 g/mol. The summed E-state index contributed by atoms with van der Waals surface area (Å²) >= 11 is 0. The van der Waals surface area contributed by atoms with Crippen LogP contribution in [0, 0.1) is 0 Å². The molecule has 0 aliphatic heterocycles. The molecule has 0 aliphatic carbocycles. The molecule has 0 bridgehead atoms. The van der Waals surface area contributed by atoms with Gasteiger partial charge in [-0.05, 0) is 23.6 Å². The van der Waals surface area contributed by atoms with Gasteiger partial charge in [0, 0.05) is 23.8 Å². The number of hydrogen-bond acceptors (Lipinski definition) is 2. The van der Waals surface area contributed by atoms with E-state index in [0.717, 1.165) is 5.69 Å². The lowest BCUT2D eigenvalue weighted by Crippen LogP contribution is -2.00. The van der Waals surface area contributed by atoms with E-state index in [1.807, 2.05) is 49.5 Å². The maximum atomic E-state index is 11.9. The maximum Gasteiger partial charge on any atom is 0.185 e. The molecule has 23 heavy (non-hydrogen) atoms. The third-order valence-electron chi connectivity index (χ3n) is 3.84. The van der Waals surface area contributed by atoms with E-state index in [1.165, 1.54) is 10.9 Å². The molecule has 3 heteroatoms. The zero-order valence-electron chi connectivity index (χ0n) is 13.1. The molecule has 0 saturated heterocycles. The van der Waals surface area contributed by atoms with Crippen molar-refractivity contribution in [3.63, 3.8) is 0 Å². The quantitative estimate of drug-likeness (QED) is 0.389. The number of ketones is 1. The van der Waals surface area contributed by atoms with E-state index in [4.69, 9.17) is 4.74 Å². The molecule has 0 saturated carbocycles. The van der Waals surface area contributed by atoms with Crippen LogP contribution in [-0.4, -0.2) is 17.0 Å². The van der Waals surface area contributed by atoms with Crippen LogP contribution in [0.5, 0.6) is 0 Å². The molecule has 1 heterocycles. The van der Waals surface area contributed by atoms with Gasteiger partial charge in [0.25, 0.3) is 0 Å². The minimum atomic E-state index is -0.00111. The summed E-state index contributed by atoms with van der Waals surface area (Å²) < 4.78 is 7.79. The maximum absolute atomic E-state index is 11.9. The number of carbonyl (C=O) groups excluding carboxylic acids is 1. The van der Waals surface area contributed by atoms with Gasteiger partial charge >= 0.3 is 0 Å². The molecule has 0 radical (unpaired) electrons. The van der Waals surface area contributed by atoms with Crippen LogP contribution < -0.4 is 0 Å². The molecule has 0 atom stereocenters. The van der Waals surface area contributed by atoms with Gasteiger partial charge in [-0.15, -0.1) is 0 Å². The van der Waals surface area contributed by atoms with Crippen LogP contribution in [0.3, 0.4) is 0 Å². The Morgan fingerprint density at radius 2 is 1.83 bits per heavy atom. The zero-order valence-corrected chi connectivity index (χ0v) is 13.1. The molecule has 2 aromatic carbocycles. The van der Waals surface area contributed by atoms with Crippen molar-refractivity contribution >= 4 is 16.7 Å². The van der Waals surface area contributed by atoms with Gasteiger partial charge in [0.2, 0.25) is 0 Å². The van der Waals surface area contributed by atoms with E-state index in [2.05, 4.69) is 22.8 Å². The average molecular weight is 305 g/mol. The van der Waals surface area contributed by atoms with Crippen molar-refractivity contribution in [2.45, 2.75) is 6.61 Å². The average Bonchev–Trinajstić information content (AvgIpc) is 2.92. The van der Waals surface area contributed by atoms with Crippen molar-refractivity contribution in [2.75, 3.05) is 6.61 Å². The van der Waals surface area contributed by atoms with Gasteiger partial charge in [0.1, 0.15) is 0 Å². The summed E-state index contributed by atoms with van der Waals surface area (Å²) in [6, 6.07) is 19.6. The number of para-hydroxylation sites is 1. The molecule has 3 rings (SSSR count). The lowest BCUT2D eigenvalue weighted by atomic mass is 10.1. The number of rotatable bonds is 6. The molecular formula is C20H19NO2. The second kappa shape index (κ2) is 7.07. The second-order valence-electron chi connectivity index (χ2n) is 5.40. The number of benzene rings is 2. The zero-order chi connectivity index (χ0) is 16.1. The second-order valence-corrected chi connectivity index (χ2v) is 5.40. The number of allylic oxidation sites excluding steroid dienone is 1. The van der Waals surface area contributed by atoms with Crippen LogP contribution in [-0.2, 0) is 18.4 Å². The summed E-state index contributed by atoms with van der Waals surface area (Å²) in [5.41, 5.74) is 3.01. The largest absolute Gasteiger partial charge is 0.371 e. The van der Waals surface area contributed by atoms with Gasteiger partial charge in [-0.2, -0.15) is 0 Å². The van der Waals surface area contributed by atoms with Crippen molar-refractivity contribution in [3.05, 3.63) is 84.1 Å². The number of nitrogens with zero attached hydrogens (tertiary/aromatic N) is 1. The van der Waals surface area contributed by atoms with Crippen LogP contribution in [0.1, 0.15) is 16.1 Å². The first-order valence-electron chi connectivity index (χ1n) is 7.63. The first-order chi connectivity index (χ1) is 11.3. The Morgan fingerprint density at radius 1 is 1.09 bits per heavy atom. The molecule has 0 N–H and O–H groups in total. The fourth-order valence-corrected chi connectivity index (χ4v) is 2.57. The fraction of sp³-hybridized carbons (Fsp3) is 0.150. The highest BCUT2D eigenvalue weighted by Crippen LogP contribution is 2.18. The number of ether oxygens (including phenoxy) is 1. The van der Waals surface area contributed by atoms with E-state index in [1.54, 1.807) is 12.2 Å². The Kier molecular flexibility index (Phi) is 4.69. The molecule has 0 unspecified atom stereocenters. The van der Waals surface area contributed by atoms with Gasteiger partial charge in [-0.25, -0.2) is 0 Å². The minimum Gasteiger partial charge on any atom is -0.371 e.